The minimum atomic E-state index is -2.72. The molecule has 1 aromatic carbocycles. The fourth-order valence-electron chi connectivity index (χ4n) is 2.01. The maximum atomic E-state index is 12.8. The van der Waals surface area contributed by atoms with E-state index in [1.165, 1.54) is 12.1 Å². The zero-order chi connectivity index (χ0) is 17.7. The quantitative estimate of drug-likeness (QED) is 0.493. The van der Waals surface area contributed by atoms with E-state index in [0.717, 1.165) is 4.57 Å². The number of nitrogens with zero attached hydrogens (tertiary/aromatic N) is 1. The van der Waals surface area contributed by atoms with E-state index in [4.69, 9.17) is 27.9 Å². The molecule has 0 saturated carbocycles. The van der Waals surface area contributed by atoms with Gasteiger partial charge in [-0.3, -0.25) is 4.79 Å². The topological polar surface area (TPSA) is 31.2 Å². The van der Waals surface area contributed by atoms with Crippen LogP contribution in [0.1, 0.15) is 6.92 Å². The van der Waals surface area contributed by atoms with E-state index in [1.807, 2.05) is 0 Å². The van der Waals surface area contributed by atoms with E-state index in [9.17, 15) is 13.6 Å². The number of benzene rings is 1. The summed E-state index contributed by atoms with van der Waals surface area (Å²) in [5.41, 5.74) is -0.213. The molecule has 0 bridgehead atoms. The molecule has 0 atom stereocenters. The van der Waals surface area contributed by atoms with Crippen LogP contribution in [-0.2, 0) is 39.3 Å². The molecule has 3 nitrogen and oxygen atoms in total. The molecule has 0 aliphatic heterocycles. The van der Waals surface area contributed by atoms with Crippen molar-refractivity contribution in [2.24, 2.45) is 0 Å². The summed E-state index contributed by atoms with van der Waals surface area (Å²) in [7, 11) is 0. The molecule has 2 rings (SSSR count). The zero-order valence-corrected chi connectivity index (χ0v) is 17.5. The molecule has 25 heavy (non-hydrogen) atoms. The normalized spacial score (nSPS) is 10.0. The zero-order valence-electron chi connectivity index (χ0n) is 13.2. The van der Waals surface area contributed by atoms with Crippen LogP contribution in [0.25, 0.3) is 11.3 Å². The van der Waals surface area contributed by atoms with Crippen LogP contribution >= 0.6 is 23.2 Å². The van der Waals surface area contributed by atoms with Gasteiger partial charge in [-0.25, -0.2) is 8.78 Å². The summed E-state index contributed by atoms with van der Waals surface area (Å²) in [5, 5.41) is 0.0477. The van der Waals surface area contributed by atoms with Gasteiger partial charge in [-0.2, -0.15) is 23.7 Å². The van der Waals surface area contributed by atoms with Crippen LogP contribution in [0.3, 0.4) is 0 Å². The van der Waals surface area contributed by atoms with Crippen LogP contribution in [0.2, 0.25) is 10.0 Å². The fourth-order valence-corrected chi connectivity index (χ4v) is 2.42. The van der Waals surface area contributed by atoms with Gasteiger partial charge in [-0.1, -0.05) is 28.8 Å². The van der Waals surface area contributed by atoms with E-state index >= 15 is 0 Å². The summed E-state index contributed by atoms with van der Waals surface area (Å²) < 4.78 is 31.8. The Morgan fingerprint density at radius 2 is 2.04 bits per heavy atom. The molecule has 0 spiro atoms. The first-order valence-corrected chi connectivity index (χ1v) is 7.61. The van der Waals surface area contributed by atoms with E-state index < -0.39 is 18.5 Å². The van der Waals surface area contributed by atoms with E-state index in [1.54, 1.807) is 19.1 Å². The monoisotopic (exact) mass is 459 g/mol. The SMILES string of the molecule is CC#CCOc1ccc(-c2[c-]cc(Cl)c(=O)n2CC(F)F)c(Cl)c1.[Y]. The molecule has 2 aromatic rings. The van der Waals surface area contributed by atoms with Gasteiger partial charge in [-0.15, -0.1) is 12.0 Å². The number of pyridine rings is 1. The second-order valence-electron chi connectivity index (χ2n) is 4.65. The molecule has 0 N–H and O–H groups in total. The number of aromatic nitrogens is 1. The van der Waals surface area contributed by atoms with Crippen molar-refractivity contribution in [1.29, 1.82) is 0 Å². The Bertz CT molecular complexity index is 860. The Labute approximate surface area is 179 Å². The van der Waals surface area contributed by atoms with Crippen molar-refractivity contribution in [1.82, 2.24) is 4.57 Å². The van der Waals surface area contributed by atoms with E-state index in [0.29, 0.717) is 11.3 Å². The standard InChI is InChI=1S/C17H12Cl2F2NO2.Y/c1-2-3-8-24-11-4-5-12(14(19)9-11)15-7-6-13(18)17(23)22(15)10-16(20)21;/h4-6,9,16H,8,10H2,1H3;/q-1;. The van der Waals surface area contributed by atoms with Gasteiger partial charge in [0.2, 0.25) is 5.56 Å². The Morgan fingerprint density at radius 1 is 1.32 bits per heavy atom. The third-order valence-corrected chi connectivity index (χ3v) is 3.64. The third kappa shape index (κ3) is 5.79. The first kappa shape index (κ1) is 22.1. The molecule has 0 saturated heterocycles. The Hall–Kier alpha value is -0.926. The molecule has 0 unspecified atom stereocenters. The maximum absolute atomic E-state index is 12.8. The molecule has 1 radical (unpaired) electrons. The molecule has 1 aromatic heterocycles. The summed E-state index contributed by atoms with van der Waals surface area (Å²) in [4.78, 5) is 12.0. The summed E-state index contributed by atoms with van der Waals surface area (Å²) in [6.07, 6.45) is -2.72. The van der Waals surface area contributed by atoms with Crippen molar-refractivity contribution in [3.05, 3.63) is 50.7 Å². The average Bonchev–Trinajstić information content (AvgIpc) is 2.53. The largest absolute Gasteiger partial charge is 0.481 e. The first-order chi connectivity index (χ1) is 11.4. The van der Waals surface area contributed by atoms with Crippen LogP contribution < -0.4 is 10.3 Å². The van der Waals surface area contributed by atoms with Crippen LogP contribution in [0.4, 0.5) is 8.78 Å². The van der Waals surface area contributed by atoms with E-state index in [2.05, 4.69) is 17.9 Å². The van der Waals surface area contributed by atoms with Crippen molar-refractivity contribution in [2.45, 2.75) is 19.9 Å². The van der Waals surface area contributed by atoms with Crippen LogP contribution in [0.5, 0.6) is 5.75 Å². The Balaban J connectivity index is 0.00000312. The number of hydrogen-bond donors (Lipinski definition) is 0. The van der Waals surface area contributed by atoms with Gasteiger partial charge < -0.3 is 9.30 Å². The average molecular weight is 460 g/mol. The molecule has 8 heteroatoms. The Kier molecular flexibility index (Phi) is 9.09. The van der Waals surface area contributed by atoms with Crippen LogP contribution in [0.15, 0.2) is 29.1 Å². The fraction of sp³-hybridized carbons (Fsp3) is 0.235. The minimum absolute atomic E-state index is 0. The molecular weight excluding hydrogens is 448 g/mol. The summed E-state index contributed by atoms with van der Waals surface area (Å²) in [5.74, 6) is 5.91. The van der Waals surface area contributed by atoms with Gasteiger partial charge in [-0.05, 0) is 24.1 Å². The minimum Gasteiger partial charge on any atom is -0.481 e. The number of halogens is 4. The van der Waals surface area contributed by atoms with Gasteiger partial charge in [0.25, 0.3) is 6.43 Å². The second-order valence-corrected chi connectivity index (χ2v) is 5.46. The van der Waals surface area contributed by atoms with Gasteiger partial charge in [0.05, 0.1) is 6.54 Å². The Morgan fingerprint density at radius 3 is 2.64 bits per heavy atom. The molecule has 0 aliphatic carbocycles. The summed E-state index contributed by atoms with van der Waals surface area (Å²) in [6, 6.07) is 8.66. The van der Waals surface area contributed by atoms with Crippen molar-refractivity contribution in [3.8, 4) is 28.8 Å². The van der Waals surface area contributed by atoms with Gasteiger partial charge >= 0.3 is 0 Å². The maximum Gasteiger partial charge on any atom is 0.256 e. The van der Waals surface area contributed by atoms with Gasteiger partial charge in [0.15, 0.2) is 0 Å². The predicted octanol–water partition coefficient (Wildman–Crippen LogP) is 4.29. The van der Waals surface area contributed by atoms with Gasteiger partial charge in [0, 0.05) is 37.7 Å². The van der Waals surface area contributed by atoms with E-state index in [-0.39, 0.29) is 55.1 Å². The van der Waals surface area contributed by atoms with Crippen molar-refractivity contribution in [2.75, 3.05) is 6.61 Å². The molecule has 129 valence electrons. The smallest absolute Gasteiger partial charge is 0.256 e. The summed E-state index contributed by atoms with van der Waals surface area (Å²) >= 11 is 11.9. The van der Waals surface area contributed by atoms with Gasteiger partial charge in [0.1, 0.15) is 12.4 Å². The molecular formula is C17H12Cl2F2NO2Y-. The van der Waals surface area contributed by atoms with Crippen molar-refractivity contribution >= 4 is 23.2 Å². The van der Waals surface area contributed by atoms with Crippen LogP contribution in [-0.4, -0.2) is 17.6 Å². The van der Waals surface area contributed by atoms with Crippen LogP contribution in [0, 0.1) is 17.9 Å². The summed E-state index contributed by atoms with van der Waals surface area (Å²) in [6.45, 7) is 1.10. The molecule has 0 amide bonds. The first-order valence-electron chi connectivity index (χ1n) is 6.85. The van der Waals surface area contributed by atoms with Crippen molar-refractivity contribution in [3.63, 3.8) is 0 Å². The molecule has 0 fully saturated rings. The molecule has 1 heterocycles. The molecule has 0 aliphatic rings. The van der Waals surface area contributed by atoms with Crippen molar-refractivity contribution < 1.29 is 46.2 Å². The third-order valence-electron chi connectivity index (χ3n) is 3.06. The predicted molar refractivity (Wildman–Crippen MR) is 89.9 cm³/mol. The number of hydrogen-bond acceptors (Lipinski definition) is 2. The number of rotatable bonds is 5. The number of ether oxygens (including phenoxy) is 1. The second kappa shape index (κ2) is 10.3. The number of alkyl halides is 2.